The van der Waals surface area contributed by atoms with Gasteiger partial charge in [0.05, 0.1) is 5.52 Å². The molecule has 0 aliphatic rings. The second kappa shape index (κ2) is 8.17. The lowest BCUT2D eigenvalue weighted by atomic mass is 10.1. The maximum Gasteiger partial charge on any atom is 0.258 e. The molecular formula is C22H20N2O2. The van der Waals surface area contributed by atoms with Crippen molar-refractivity contribution >= 4 is 22.5 Å². The first-order valence-electron chi connectivity index (χ1n) is 8.50. The van der Waals surface area contributed by atoms with Crippen LogP contribution in [0.5, 0.6) is 5.75 Å². The minimum atomic E-state index is -0.0846. The van der Waals surface area contributed by atoms with Gasteiger partial charge in [-0.1, -0.05) is 25.0 Å². The summed E-state index contributed by atoms with van der Waals surface area (Å²) in [6, 6.07) is 16.8. The van der Waals surface area contributed by atoms with Gasteiger partial charge in [0.15, 0.2) is 0 Å². The van der Waals surface area contributed by atoms with Gasteiger partial charge >= 0.3 is 0 Å². The molecule has 0 aliphatic heterocycles. The predicted octanol–water partition coefficient (Wildman–Crippen LogP) is 4.30. The number of rotatable bonds is 4. The number of aromatic nitrogens is 1. The van der Waals surface area contributed by atoms with Crippen molar-refractivity contribution in [1.82, 2.24) is 4.98 Å². The van der Waals surface area contributed by atoms with Crippen molar-refractivity contribution < 1.29 is 9.53 Å². The van der Waals surface area contributed by atoms with Crippen LogP contribution in [0.3, 0.4) is 0 Å². The van der Waals surface area contributed by atoms with Gasteiger partial charge in [-0.15, -0.1) is 5.92 Å². The Labute approximate surface area is 153 Å². The third kappa shape index (κ3) is 4.01. The van der Waals surface area contributed by atoms with E-state index in [1.54, 1.807) is 24.2 Å². The predicted molar refractivity (Wildman–Crippen MR) is 104 cm³/mol. The first kappa shape index (κ1) is 17.5. The number of fused-ring (bicyclic) bond motifs is 1. The molecule has 4 nitrogen and oxygen atoms in total. The largest absolute Gasteiger partial charge is 0.481 e. The third-order valence-electron chi connectivity index (χ3n) is 3.97. The molecule has 0 unspecified atom stereocenters. The van der Waals surface area contributed by atoms with E-state index in [4.69, 9.17) is 4.74 Å². The molecule has 1 aromatic heterocycles. The molecule has 2 aromatic carbocycles. The maximum absolute atomic E-state index is 12.8. The summed E-state index contributed by atoms with van der Waals surface area (Å²) in [5, 5.41) is 0.943. The Morgan fingerprint density at radius 1 is 1.12 bits per heavy atom. The van der Waals surface area contributed by atoms with Crippen LogP contribution < -0.4 is 9.64 Å². The smallest absolute Gasteiger partial charge is 0.258 e. The minimum Gasteiger partial charge on any atom is -0.481 e. The Balaban J connectivity index is 1.78. The highest BCUT2D eigenvalue weighted by atomic mass is 16.5. The highest BCUT2D eigenvalue weighted by Crippen LogP contribution is 2.23. The van der Waals surface area contributed by atoms with E-state index in [2.05, 4.69) is 16.8 Å². The number of anilines is 1. The molecule has 0 saturated carbocycles. The van der Waals surface area contributed by atoms with Crippen molar-refractivity contribution in [2.24, 2.45) is 0 Å². The molecule has 0 N–H and O–H groups in total. The Hall–Kier alpha value is -3.32. The van der Waals surface area contributed by atoms with Crippen molar-refractivity contribution in [2.75, 3.05) is 18.6 Å². The Bertz CT molecular complexity index is 986. The monoisotopic (exact) mass is 344 g/mol. The van der Waals surface area contributed by atoms with E-state index in [0.717, 1.165) is 23.0 Å². The van der Waals surface area contributed by atoms with E-state index in [0.29, 0.717) is 17.9 Å². The number of benzene rings is 2. The van der Waals surface area contributed by atoms with E-state index < -0.39 is 0 Å². The zero-order valence-electron chi connectivity index (χ0n) is 14.9. The van der Waals surface area contributed by atoms with Crippen LogP contribution in [0.25, 0.3) is 10.9 Å². The molecular weight excluding hydrogens is 324 g/mol. The quantitative estimate of drug-likeness (QED) is 0.663. The van der Waals surface area contributed by atoms with Crippen LogP contribution in [0.1, 0.15) is 23.7 Å². The summed E-state index contributed by atoms with van der Waals surface area (Å²) in [6.45, 7) is 2.34. The number of hydrogen-bond donors (Lipinski definition) is 0. The normalized spacial score (nSPS) is 10.1. The average molecular weight is 344 g/mol. The van der Waals surface area contributed by atoms with Gasteiger partial charge in [0, 0.05) is 42.4 Å². The van der Waals surface area contributed by atoms with Gasteiger partial charge in [-0.25, -0.2) is 0 Å². The number of pyridine rings is 1. The first-order chi connectivity index (χ1) is 12.7. The molecule has 0 fully saturated rings. The number of ether oxygens (including phenoxy) is 1. The second-order valence-electron chi connectivity index (χ2n) is 5.77. The summed E-state index contributed by atoms with van der Waals surface area (Å²) in [6.07, 6.45) is 2.55. The molecule has 130 valence electrons. The molecule has 0 radical (unpaired) electrons. The number of nitrogens with zero attached hydrogens (tertiary/aromatic N) is 2. The van der Waals surface area contributed by atoms with Crippen molar-refractivity contribution in [1.29, 1.82) is 0 Å². The van der Waals surface area contributed by atoms with Crippen LogP contribution in [0.4, 0.5) is 5.69 Å². The summed E-state index contributed by atoms with van der Waals surface area (Å²) in [5.74, 6) is 6.51. The molecule has 0 atom stereocenters. The molecule has 0 aliphatic carbocycles. The van der Waals surface area contributed by atoms with Gasteiger partial charge in [0.2, 0.25) is 0 Å². The molecule has 4 heteroatoms. The number of carbonyl (C=O) groups excluding carboxylic acids is 1. The second-order valence-corrected chi connectivity index (χ2v) is 5.77. The van der Waals surface area contributed by atoms with Crippen molar-refractivity contribution in [3.63, 3.8) is 0 Å². The lowest BCUT2D eigenvalue weighted by molar-refractivity contribution is 0.0993. The number of amides is 1. The summed E-state index contributed by atoms with van der Waals surface area (Å²) < 4.78 is 5.62. The van der Waals surface area contributed by atoms with Gasteiger partial charge in [-0.3, -0.25) is 9.78 Å². The summed E-state index contributed by atoms with van der Waals surface area (Å²) in [4.78, 5) is 18.7. The van der Waals surface area contributed by atoms with Crippen LogP contribution in [0.15, 0.2) is 60.8 Å². The molecule has 0 spiro atoms. The summed E-state index contributed by atoms with van der Waals surface area (Å²) in [7, 11) is 1.76. The van der Waals surface area contributed by atoms with Crippen LogP contribution >= 0.6 is 0 Å². The fourth-order valence-electron chi connectivity index (χ4n) is 2.60. The molecule has 3 rings (SSSR count). The molecule has 0 saturated heterocycles. The van der Waals surface area contributed by atoms with Gasteiger partial charge in [-0.05, 0) is 36.4 Å². The van der Waals surface area contributed by atoms with Crippen LogP contribution in [-0.4, -0.2) is 24.5 Å². The Morgan fingerprint density at radius 2 is 2.00 bits per heavy atom. The zero-order valence-corrected chi connectivity index (χ0v) is 14.9. The topological polar surface area (TPSA) is 42.4 Å². The number of carbonyl (C=O) groups is 1. The molecule has 1 heterocycles. The number of hydrogen-bond acceptors (Lipinski definition) is 3. The minimum absolute atomic E-state index is 0.0846. The lowest BCUT2D eigenvalue weighted by Crippen LogP contribution is -2.26. The van der Waals surface area contributed by atoms with Crippen LogP contribution in [0, 0.1) is 11.8 Å². The van der Waals surface area contributed by atoms with E-state index in [9.17, 15) is 4.79 Å². The highest BCUT2D eigenvalue weighted by Gasteiger charge is 2.14. The Morgan fingerprint density at radius 3 is 2.85 bits per heavy atom. The van der Waals surface area contributed by atoms with Crippen LogP contribution in [-0.2, 0) is 0 Å². The van der Waals surface area contributed by atoms with E-state index in [-0.39, 0.29) is 5.91 Å². The van der Waals surface area contributed by atoms with E-state index >= 15 is 0 Å². The highest BCUT2D eigenvalue weighted by molar-refractivity contribution is 6.07. The van der Waals surface area contributed by atoms with Gasteiger partial charge in [0.25, 0.3) is 5.91 Å². The van der Waals surface area contributed by atoms with Gasteiger partial charge in [-0.2, -0.15) is 0 Å². The molecule has 26 heavy (non-hydrogen) atoms. The zero-order chi connectivity index (χ0) is 18.4. The fraction of sp³-hybridized carbons (Fsp3) is 0.182. The summed E-state index contributed by atoms with van der Waals surface area (Å²) in [5.41, 5.74) is 2.26. The third-order valence-corrected chi connectivity index (χ3v) is 3.97. The maximum atomic E-state index is 12.8. The lowest BCUT2D eigenvalue weighted by Gasteiger charge is -2.18. The first-order valence-corrected chi connectivity index (χ1v) is 8.50. The van der Waals surface area contributed by atoms with Crippen molar-refractivity contribution in [2.45, 2.75) is 13.3 Å². The fourth-order valence-corrected chi connectivity index (χ4v) is 2.60. The SMILES string of the molecule is CCC#CCOc1cccc(N(C)C(=O)c2ccc3ncccc3c2)c1. The van der Waals surface area contributed by atoms with Crippen molar-refractivity contribution in [3.05, 3.63) is 66.4 Å². The molecule has 0 bridgehead atoms. The summed E-state index contributed by atoms with van der Waals surface area (Å²) >= 11 is 0. The van der Waals surface area contributed by atoms with E-state index in [1.165, 1.54) is 0 Å². The van der Waals surface area contributed by atoms with E-state index in [1.807, 2.05) is 55.5 Å². The van der Waals surface area contributed by atoms with Crippen molar-refractivity contribution in [3.8, 4) is 17.6 Å². The van der Waals surface area contributed by atoms with Gasteiger partial charge < -0.3 is 9.64 Å². The molecule has 1 amide bonds. The average Bonchev–Trinajstić information content (AvgIpc) is 2.70. The van der Waals surface area contributed by atoms with Gasteiger partial charge in [0.1, 0.15) is 12.4 Å². The Kier molecular flexibility index (Phi) is 5.50. The van der Waals surface area contributed by atoms with Crippen LogP contribution in [0.2, 0.25) is 0 Å². The molecule has 3 aromatic rings. The standard InChI is InChI=1S/C22H20N2O2/c1-3-4-5-14-26-20-10-6-9-19(16-20)24(2)22(25)18-11-12-21-17(15-18)8-7-13-23-21/h6-13,15-16H,3,14H2,1-2H3.